The smallest absolute Gasteiger partial charge is 0.152 e. The fourth-order valence-corrected chi connectivity index (χ4v) is 4.78. The van der Waals surface area contributed by atoms with Crippen molar-refractivity contribution in [3.8, 4) is 11.8 Å². The van der Waals surface area contributed by atoms with Crippen molar-refractivity contribution >= 4 is 9.84 Å². The number of sulfone groups is 1. The van der Waals surface area contributed by atoms with Gasteiger partial charge in [0.15, 0.2) is 9.84 Å². The zero-order valence-corrected chi connectivity index (χ0v) is 12.3. The van der Waals surface area contributed by atoms with Crippen LogP contribution in [0.15, 0.2) is 24.3 Å². The monoisotopic (exact) mass is 295 g/mol. The second-order valence-corrected chi connectivity index (χ2v) is 7.49. The number of benzene rings is 1. The summed E-state index contributed by atoms with van der Waals surface area (Å²) in [5.74, 6) is 0.0318. The lowest BCUT2D eigenvalue weighted by atomic mass is 9.69. The van der Waals surface area contributed by atoms with Crippen LogP contribution in [0.3, 0.4) is 0 Å². The Morgan fingerprint density at radius 2 is 2.10 bits per heavy atom. The Morgan fingerprint density at radius 1 is 1.45 bits per heavy atom. The summed E-state index contributed by atoms with van der Waals surface area (Å²) in [6.45, 7) is 1.48. The molecule has 1 saturated heterocycles. The van der Waals surface area contributed by atoms with Gasteiger partial charge in [-0.1, -0.05) is 18.2 Å². The second kappa shape index (κ2) is 4.76. The Labute approximate surface area is 118 Å². The van der Waals surface area contributed by atoms with Crippen molar-refractivity contribution in [1.29, 1.82) is 5.26 Å². The van der Waals surface area contributed by atoms with Crippen molar-refractivity contribution < 1.29 is 18.3 Å². The average Bonchev–Trinajstić information content (AvgIpc) is 2.76. The van der Waals surface area contributed by atoms with E-state index < -0.39 is 20.9 Å². The van der Waals surface area contributed by atoms with Crippen molar-refractivity contribution in [3.05, 3.63) is 29.8 Å². The van der Waals surface area contributed by atoms with Gasteiger partial charge in [0.05, 0.1) is 24.7 Å². The fourth-order valence-electron chi connectivity index (χ4n) is 2.74. The van der Waals surface area contributed by atoms with Crippen molar-refractivity contribution in [1.82, 2.24) is 0 Å². The SMILES string of the molecule is COc1ccccc1C(C)(O)C1(C#N)CCS(=O)(=O)C1. The summed E-state index contributed by atoms with van der Waals surface area (Å²) in [6, 6.07) is 8.85. The first-order valence-corrected chi connectivity index (χ1v) is 8.08. The molecule has 2 rings (SSSR count). The van der Waals surface area contributed by atoms with Crippen LogP contribution in [0.5, 0.6) is 5.75 Å². The molecule has 0 amide bonds. The summed E-state index contributed by atoms with van der Waals surface area (Å²) in [5, 5.41) is 20.4. The quantitative estimate of drug-likeness (QED) is 0.906. The molecule has 0 spiro atoms. The van der Waals surface area contributed by atoms with E-state index in [0.29, 0.717) is 11.3 Å². The second-order valence-electron chi connectivity index (χ2n) is 5.31. The van der Waals surface area contributed by atoms with Crippen LogP contribution >= 0.6 is 0 Å². The number of ether oxygens (including phenoxy) is 1. The van der Waals surface area contributed by atoms with Gasteiger partial charge in [-0.15, -0.1) is 0 Å². The number of para-hydroxylation sites is 1. The molecule has 1 aromatic rings. The van der Waals surface area contributed by atoms with Gasteiger partial charge >= 0.3 is 0 Å². The van der Waals surface area contributed by atoms with E-state index in [4.69, 9.17) is 4.74 Å². The zero-order valence-electron chi connectivity index (χ0n) is 11.5. The largest absolute Gasteiger partial charge is 0.496 e. The Bertz CT molecular complexity index is 660. The molecular formula is C14H17NO4S. The fraction of sp³-hybridized carbons (Fsp3) is 0.500. The van der Waals surface area contributed by atoms with Gasteiger partial charge in [0.1, 0.15) is 16.8 Å². The lowest BCUT2D eigenvalue weighted by Crippen LogP contribution is -2.44. The number of nitriles is 1. The van der Waals surface area contributed by atoms with Crippen LogP contribution in [0.1, 0.15) is 18.9 Å². The molecule has 0 aromatic heterocycles. The molecule has 6 heteroatoms. The highest BCUT2D eigenvalue weighted by atomic mass is 32.2. The number of hydrogen-bond donors (Lipinski definition) is 1. The number of nitrogens with zero attached hydrogens (tertiary/aromatic N) is 1. The van der Waals surface area contributed by atoms with Crippen LogP contribution < -0.4 is 4.74 Å². The van der Waals surface area contributed by atoms with Crippen LogP contribution in [0.25, 0.3) is 0 Å². The van der Waals surface area contributed by atoms with E-state index in [9.17, 15) is 18.8 Å². The highest BCUT2D eigenvalue weighted by molar-refractivity contribution is 7.91. The maximum atomic E-state index is 11.7. The van der Waals surface area contributed by atoms with Gasteiger partial charge in [0, 0.05) is 5.56 Å². The number of hydrogen-bond acceptors (Lipinski definition) is 5. The molecule has 1 aromatic carbocycles. The van der Waals surface area contributed by atoms with Crippen molar-refractivity contribution in [2.24, 2.45) is 5.41 Å². The lowest BCUT2D eigenvalue weighted by molar-refractivity contribution is -0.0340. The Hall–Kier alpha value is -1.58. The van der Waals surface area contributed by atoms with Gasteiger partial charge in [0.2, 0.25) is 0 Å². The summed E-state index contributed by atoms with van der Waals surface area (Å²) < 4.78 is 28.7. The normalized spacial score (nSPS) is 27.5. The minimum Gasteiger partial charge on any atom is -0.496 e. The Morgan fingerprint density at radius 3 is 2.60 bits per heavy atom. The van der Waals surface area contributed by atoms with Crippen LogP contribution in [-0.4, -0.2) is 32.1 Å². The molecule has 0 bridgehead atoms. The molecule has 2 atom stereocenters. The van der Waals surface area contributed by atoms with Gasteiger partial charge in [-0.05, 0) is 19.4 Å². The Balaban J connectivity index is 2.57. The predicted molar refractivity (Wildman–Crippen MR) is 73.9 cm³/mol. The lowest BCUT2D eigenvalue weighted by Gasteiger charge is -2.37. The molecule has 1 N–H and O–H groups in total. The van der Waals surface area contributed by atoms with Crippen molar-refractivity contribution in [3.63, 3.8) is 0 Å². The van der Waals surface area contributed by atoms with Crippen LogP contribution in [0.2, 0.25) is 0 Å². The first kappa shape index (κ1) is 14.8. The maximum absolute atomic E-state index is 11.7. The van der Waals surface area contributed by atoms with Crippen molar-refractivity contribution in [2.45, 2.75) is 18.9 Å². The molecular weight excluding hydrogens is 278 g/mol. The maximum Gasteiger partial charge on any atom is 0.152 e. The highest BCUT2D eigenvalue weighted by Gasteiger charge is 2.56. The van der Waals surface area contributed by atoms with E-state index in [1.165, 1.54) is 14.0 Å². The number of rotatable bonds is 3. The van der Waals surface area contributed by atoms with E-state index in [1.807, 2.05) is 6.07 Å². The summed E-state index contributed by atoms with van der Waals surface area (Å²) in [6.07, 6.45) is 0.122. The summed E-state index contributed by atoms with van der Waals surface area (Å²) in [7, 11) is -1.83. The topological polar surface area (TPSA) is 87.4 Å². The number of aliphatic hydroxyl groups is 1. The van der Waals surface area contributed by atoms with E-state index in [-0.39, 0.29) is 17.9 Å². The van der Waals surface area contributed by atoms with E-state index in [1.54, 1.807) is 24.3 Å². The van der Waals surface area contributed by atoms with Gasteiger partial charge in [-0.2, -0.15) is 5.26 Å². The molecule has 0 saturated carbocycles. The van der Waals surface area contributed by atoms with Gasteiger partial charge in [-0.25, -0.2) is 8.42 Å². The zero-order chi connectivity index (χ0) is 15.0. The molecule has 1 fully saturated rings. The third-order valence-corrected chi connectivity index (χ3v) is 5.84. The molecule has 1 aliphatic rings. The summed E-state index contributed by atoms with van der Waals surface area (Å²) >= 11 is 0. The first-order chi connectivity index (χ1) is 9.28. The minimum absolute atomic E-state index is 0.0775. The molecule has 1 heterocycles. The third-order valence-electron chi connectivity index (χ3n) is 4.08. The van der Waals surface area contributed by atoms with Gasteiger partial charge in [-0.3, -0.25) is 0 Å². The van der Waals surface area contributed by atoms with E-state index >= 15 is 0 Å². The third kappa shape index (κ3) is 2.17. The standard InChI is InChI=1S/C14H17NO4S/c1-13(16,11-5-3-4-6-12(11)19-2)14(9-15)7-8-20(17,18)10-14/h3-6,16H,7-8,10H2,1-2H3. The minimum atomic E-state index is -3.30. The Kier molecular flexibility index (Phi) is 3.53. The molecule has 5 nitrogen and oxygen atoms in total. The molecule has 2 unspecified atom stereocenters. The average molecular weight is 295 g/mol. The summed E-state index contributed by atoms with van der Waals surface area (Å²) in [5.41, 5.74) is -2.51. The molecule has 108 valence electrons. The molecule has 20 heavy (non-hydrogen) atoms. The van der Waals surface area contributed by atoms with Crippen LogP contribution in [0, 0.1) is 16.7 Å². The molecule has 0 aliphatic carbocycles. The highest BCUT2D eigenvalue weighted by Crippen LogP contribution is 2.49. The summed E-state index contributed by atoms with van der Waals surface area (Å²) in [4.78, 5) is 0. The predicted octanol–water partition coefficient (Wildman–Crippen LogP) is 1.23. The number of methoxy groups -OCH3 is 1. The van der Waals surface area contributed by atoms with Crippen LogP contribution in [-0.2, 0) is 15.4 Å². The first-order valence-electron chi connectivity index (χ1n) is 6.25. The molecule has 1 aliphatic heterocycles. The van der Waals surface area contributed by atoms with Gasteiger partial charge < -0.3 is 9.84 Å². The molecule has 0 radical (unpaired) electrons. The van der Waals surface area contributed by atoms with Gasteiger partial charge in [0.25, 0.3) is 0 Å². The van der Waals surface area contributed by atoms with Crippen LogP contribution in [0.4, 0.5) is 0 Å². The van der Waals surface area contributed by atoms with E-state index in [0.717, 1.165) is 0 Å². The van der Waals surface area contributed by atoms with Crippen molar-refractivity contribution in [2.75, 3.05) is 18.6 Å². The van der Waals surface area contributed by atoms with E-state index in [2.05, 4.69) is 0 Å².